The number of carbonyl (C=O) groups is 1. The number of benzene rings is 1. The van der Waals surface area contributed by atoms with Crippen molar-refractivity contribution in [1.29, 1.82) is 0 Å². The van der Waals surface area contributed by atoms with Crippen LogP contribution in [0.1, 0.15) is 19.3 Å². The number of hydrogen-bond donors (Lipinski definition) is 1. The van der Waals surface area contributed by atoms with Crippen LogP contribution in [0.3, 0.4) is 0 Å². The van der Waals surface area contributed by atoms with Crippen LogP contribution >= 0.6 is 0 Å². The third-order valence-corrected chi connectivity index (χ3v) is 5.35. The lowest BCUT2D eigenvalue weighted by Crippen LogP contribution is -2.51. The third-order valence-electron chi connectivity index (χ3n) is 3.42. The minimum absolute atomic E-state index is 0.00898. The Hall–Kier alpha value is -1.47. The molecule has 1 atom stereocenters. The molecule has 1 aliphatic rings. The molecule has 1 aromatic rings. The predicted molar refractivity (Wildman–Crippen MR) is 72.0 cm³/mol. The van der Waals surface area contributed by atoms with Crippen LogP contribution < -0.4 is 5.32 Å². The summed E-state index contributed by atoms with van der Waals surface area (Å²) < 4.78 is 39.2. The highest BCUT2D eigenvalue weighted by molar-refractivity contribution is 7.89. The van der Waals surface area contributed by atoms with E-state index in [4.69, 9.17) is 0 Å². The number of hydrogen-bond acceptors (Lipinski definition) is 3. The maximum atomic E-state index is 12.9. The molecular formula is C13H17FN2O3S. The number of piperidine rings is 1. The summed E-state index contributed by atoms with van der Waals surface area (Å²) in [6, 6.07) is 3.96. The summed E-state index contributed by atoms with van der Waals surface area (Å²) >= 11 is 0. The van der Waals surface area contributed by atoms with E-state index < -0.39 is 21.9 Å². The Labute approximate surface area is 117 Å². The zero-order valence-corrected chi connectivity index (χ0v) is 12.0. The molecule has 1 aliphatic heterocycles. The summed E-state index contributed by atoms with van der Waals surface area (Å²) in [6.45, 7) is 0.303. The maximum Gasteiger partial charge on any atom is 0.243 e. The van der Waals surface area contributed by atoms with Gasteiger partial charge in [-0.3, -0.25) is 4.79 Å². The molecular weight excluding hydrogens is 283 g/mol. The first-order valence-corrected chi connectivity index (χ1v) is 7.90. The number of halogens is 1. The van der Waals surface area contributed by atoms with Gasteiger partial charge in [-0.15, -0.1) is 0 Å². The van der Waals surface area contributed by atoms with Gasteiger partial charge in [0, 0.05) is 13.6 Å². The lowest BCUT2D eigenvalue weighted by Gasteiger charge is -2.33. The van der Waals surface area contributed by atoms with Gasteiger partial charge in [0.05, 0.1) is 4.90 Å². The summed E-state index contributed by atoms with van der Waals surface area (Å²) in [5, 5.41) is 2.49. The Kier molecular flexibility index (Phi) is 4.39. The second kappa shape index (κ2) is 5.88. The van der Waals surface area contributed by atoms with E-state index in [-0.39, 0.29) is 10.8 Å². The number of amides is 1. The fraction of sp³-hybridized carbons (Fsp3) is 0.462. The second-order valence-electron chi connectivity index (χ2n) is 4.70. The number of likely N-dealkylation sites (N-methyl/N-ethyl adjacent to an activating group) is 1. The molecule has 1 amide bonds. The van der Waals surface area contributed by atoms with Crippen LogP contribution in [0.2, 0.25) is 0 Å². The first kappa shape index (κ1) is 14.9. The smallest absolute Gasteiger partial charge is 0.243 e. The average molecular weight is 300 g/mol. The van der Waals surface area contributed by atoms with Gasteiger partial charge < -0.3 is 5.32 Å². The molecule has 1 N–H and O–H groups in total. The lowest BCUT2D eigenvalue weighted by atomic mass is 10.0. The summed E-state index contributed by atoms with van der Waals surface area (Å²) in [7, 11) is -2.29. The van der Waals surface area contributed by atoms with Crippen LogP contribution in [0.5, 0.6) is 0 Å². The van der Waals surface area contributed by atoms with E-state index in [9.17, 15) is 17.6 Å². The highest BCUT2D eigenvalue weighted by Crippen LogP contribution is 2.25. The second-order valence-corrected chi connectivity index (χ2v) is 6.59. The molecule has 0 saturated carbocycles. The number of nitrogens with zero attached hydrogens (tertiary/aromatic N) is 1. The van der Waals surface area contributed by atoms with Crippen molar-refractivity contribution in [2.75, 3.05) is 13.6 Å². The maximum absolute atomic E-state index is 12.9. The van der Waals surface area contributed by atoms with E-state index >= 15 is 0 Å². The molecule has 0 unspecified atom stereocenters. The van der Waals surface area contributed by atoms with Crippen molar-refractivity contribution >= 4 is 15.9 Å². The van der Waals surface area contributed by atoms with Gasteiger partial charge in [0.2, 0.25) is 15.9 Å². The largest absolute Gasteiger partial charge is 0.358 e. The lowest BCUT2D eigenvalue weighted by molar-refractivity contribution is -0.125. The van der Waals surface area contributed by atoms with Crippen molar-refractivity contribution in [3.8, 4) is 0 Å². The zero-order valence-electron chi connectivity index (χ0n) is 11.2. The van der Waals surface area contributed by atoms with Gasteiger partial charge in [0.1, 0.15) is 11.9 Å². The van der Waals surface area contributed by atoms with E-state index in [1.165, 1.54) is 23.5 Å². The number of sulfonamides is 1. The Morgan fingerprint density at radius 3 is 2.55 bits per heavy atom. The third kappa shape index (κ3) is 2.83. The SMILES string of the molecule is CNC(=O)[C@@H]1CCCCN1S(=O)(=O)c1ccc(F)cc1. The van der Waals surface area contributed by atoms with Crippen molar-refractivity contribution in [1.82, 2.24) is 9.62 Å². The Bertz CT molecular complexity index is 586. The van der Waals surface area contributed by atoms with Gasteiger partial charge in [0.25, 0.3) is 0 Å². The van der Waals surface area contributed by atoms with Crippen LogP contribution in [-0.4, -0.2) is 38.3 Å². The van der Waals surface area contributed by atoms with Crippen LogP contribution in [0.25, 0.3) is 0 Å². The molecule has 0 spiro atoms. The molecule has 0 aliphatic carbocycles. The van der Waals surface area contributed by atoms with Crippen LogP contribution in [0, 0.1) is 5.82 Å². The van der Waals surface area contributed by atoms with E-state index in [0.29, 0.717) is 19.4 Å². The Morgan fingerprint density at radius 2 is 1.95 bits per heavy atom. The summed E-state index contributed by atoms with van der Waals surface area (Å²) in [4.78, 5) is 11.8. The van der Waals surface area contributed by atoms with Crippen molar-refractivity contribution < 1.29 is 17.6 Å². The van der Waals surface area contributed by atoms with E-state index in [2.05, 4.69) is 5.32 Å². The van der Waals surface area contributed by atoms with Gasteiger partial charge in [-0.25, -0.2) is 12.8 Å². The molecule has 0 bridgehead atoms. The molecule has 7 heteroatoms. The monoisotopic (exact) mass is 300 g/mol. The summed E-state index contributed by atoms with van der Waals surface area (Å²) in [5.74, 6) is -0.805. The minimum Gasteiger partial charge on any atom is -0.358 e. The van der Waals surface area contributed by atoms with Gasteiger partial charge in [-0.1, -0.05) is 6.42 Å². The first-order chi connectivity index (χ1) is 9.46. The molecule has 1 fully saturated rings. The average Bonchev–Trinajstić information content (AvgIpc) is 2.47. The molecule has 20 heavy (non-hydrogen) atoms. The zero-order chi connectivity index (χ0) is 14.8. The predicted octanol–water partition coefficient (Wildman–Crippen LogP) is 1.11. The Morgan fingerprint density at radius 1 is 1.30 bits per heavy atom. The standard InChI is InChI=1S/C13H17FN2O3S/c1-15-13(17)12-4-2-3-9-16(12)20(18,19)11-7-5-10(14)6-8-11/h5-8,12H,2-4,9H2,1H3,(H,15,17)/t12-/m0/s1. The van der Waals surface area contributed by atoms with Gasteiger partial charge in [0.15, 0.2) is 0 Å². The molecule has 2 rings (SSSR count). The van der Waals surface area contributed by atoms with Crippen molar-refractivity contribution in [3.05, 3.63) is 30.1 Å². The molecule has 1 aromatic carbocycles. The van der Waals surface area contributed by atoms with E-state index in [1.807, 2.05) is 0 Å². The topological polar surface area (TPSA) is 66.5 Å². The Balaban J connectivity index is 2.35. The number of carbonyl (C=O) groups excluding carboxylic acids is 1. The highest BCUT2D eigenvalue weighted by atomic mass is 32.2. The van der Waals surface area contributed by atoms with Crippen LogP contribution in [-0.2, 0) is 14.8 Å². The van der Waals surface area contributed by atoms with Gasteiger partial charge >= 0.3 is 0 Å². The first-order valence-electron chi connectivity index (χ1n) is 6.46. The fourth-order valence-electron chi connectivity index (χ4n) is 2.36. The van der Waals surface area contributed by atoms with Crippen LogP contribution in [0.15, 0.2) is 29.2 Å². The fourth-order valence-corrected chi connectivity index (χ4v) is 4.02. The van der Waals surface area contributed by atoms with Crippen LogP contribution in [0.4, 0.5) is 4.39 Å². The molecule has 0 radical (unpaired) electrons. The van der Waals surface area contributed by atoms with Gasteiger partial charge in [-0.05, 0) is 37.1 Å². The molecule has 1 heterocycles. The van der Waals surface area contributed by atoms with Crippen molar-refractivity contribution in [2.45, 2.75) is 30.2 Å². The van der Waals surface area contributed by atoms with Crippen molar-refractivity contribution in [3.63, 3.8) is 0 Å². The number of nitrogens with one attached hydrogen (secondary N) is 1. The van der Waals surface area contributed by atoms with Crippen molar-refractivity contribution in [2.24, 2.45) is 0 Å². The molecule has 0 aromatic heterocycles. The summed E-state index contributed by atoms with van der Waals surface area (Å²) in [6.07, 6.45) is 2.03. The number of rotatable bonds is 3. The molecule has 110 valence electrons. The highest BCUT2D eigenvalue weighted by Gasteiger charge is 2.37. The van der Waals surface area contributed by atoms with E-state index in [1.54, 1.807) is 0 Å². The minimum atomic E-state index is -3.78. The molecule has 1 saturated heterocycles. The molecule has 5 nitrogen and oxygen atoms in total. The normalized spacial score (nSPS) is 20.6. The van der Waals surface area contributed by atoms with Gasteiger partial charge in [-0.2, -0.15) is 4.31 Å². The summed E-state index contributed by atoms with van der Waals surface area (Å²) in [5.41, 5.74) is 0. The van der Waals surface area contributed by atoms with E-state index in [0.717, 1.165) is 18.6 Å². The quantitative estimate of drug-likeness (QED) is 0.909.